The Hall–Kier alpha value is -1.90. The Morgan fingerprint density at radius 2 is 1.52 bits per heavy atom. The molecule has 17 atom stereocenters. The molecule has 2 aliphatic heterocycles. The Balaban J connectivity index is 1.55. The number of hydrogen-bond acceptors (Lipinski definition) is 18. The Kier molecular flexibility index (Phi) is 12.1. The number of aliphatic hydroxyl groups excluding tert-OH is 7. The summed E-state index contributed by atoms with van der Waals surface area (Å²) < 4.78 is 23.2. The highest BCUT2D eigenvalue weighted by Crippen LogP contribution is 2.37. The van der Waals surface area contributed by atoms with Crippen molar-refractivity contribution in [3.63, 3.8) is 0 Å². The highest BCUT2D eigenvalue weighted by atomic mass is 16.7. The zero-order chi connectivity index (χ0) is 34.1. The van der Waals surface area contributed by atoms with Crippen LogP contribution in [-0.4, -0.2) is 182 Å². The average Bonchev–Trinajstić information content (AvgIpc) is 3.66. The minimum Gasteiger partial charge on any atom is -0.395 e. The number of carbonyl (C=O) groups is 1. The monoisotopic (exact) mass is 668 g/mol. The largest absolute Gasteiger partial charge is 0.395 e. The summed E-state index contributed by atoms with van der Waals surface area (Å²) in [5.74, 6) is -1.36. The van der Waals surface area contributed by atoms with Crippen LogP contribution >= 0.6 is 0 Å². The number of rotatable bonds is 12. The summed E-state index contributed by atoms with van der Waals surface area (Å²) in [5, 5.41) is 98.3. The maximum absolute atomic E-state index is 13.2. The van der Waals surface area contributed by atoms with Crippen LogP contribution < -0.4 is 38.9 Å². The number of carbonyl (C=O) groups excluding carboxylic acids is 1. The Morgan fingerprint density at radius 3 is 2.15 bits per heavy atom. The molecule has 2 saturated heterocycles. The van der Waals surface area contributed by atoms with Crippen LogP contribution in [0.15, 0.2) is 0 Å². The van der Waals surface area contributed by atoms with Crippen LogP contribution in [0.25, 0.3) is 0 Å². The second-order valence-corrected chi connectivity index (χ2v) is 12.2. The number of nitrogens with two attached hydrogens (primary N) is 4. The molecule has 4 fully saturated rings. The number of ether oxygens (including phenoxy) is 4. The molecule has 0 spiro atoms. The normalized spacial score (nSPS) is 47.6. The van der Waals surface area contributed by atoms with E-state index in [0.717, 1.165) is 0 Å². The number of guanidine groups is 1. The van der Waals surface area contributed by atoms with Gasteiger partial charge in [-0.05, 0) is 6.42 Å². The van der Waals surface area contributed by atoms with Gasteiger partial charge in [-0.15, -0.1) is 0 Å². The number of hydrogen-bond donors (Lipinski definition) is 16. The molecule has 1 amide bonds. The molecule has 0 bridgehead atoms. The van der Waals surface area contributed by atoms with E-state index in [9.17, 15) is 40.5 Å². The fourth-order valence-corrected chi connectivity index (χ4v) is 6.00. The lowest BCUT2D eigenvalue weighted by molar-refractivity contribution is -0.320. The highest BCUT2D eigenvalue weighted by molar-refractivity contribution is 5.91. The van der Waals surface area contributed by atoms with Gasteiger partial charge in [0.05, 0.1) is 37.4 Å². The van der Waals surface area contributed by atoms with Gasteiger partial charge in [-0.3, -0.25) is 10.2 Å². The summed E-state index contributed by atoms with van der Waals surface area (Å²) in [6, 6.07) is -5.71. The second-order valence-electron chi connectivity index (χ2n) is 12.2. The van der Waals surface area contributed by atoms with E-state index in [1.165, 1.54) is 0 Å². The lowest BCUT2D eigenvalue weighted by atomic mass is 9.83. The van der Waals surface area contributed by atoms with Gasteiger partial charge in [-0.25, -0.2) is 0 Å². The van der Waals surface area contributed by atoms with E-state index >= 15 is 0 Å². The lowest BCUT2D eigenvalue weighted by Gasteiger charge is -2.49. The van der Waals surface area contributed by atoms with Crippen molar-refractivity contribution in [3.05, 3.63) is 0 Å². The molecule has 2 heterocycles. The van der Waals surface area contributed by atoms with E-state index in [4.69, 9.17) is 52.4 Å². The van der Waals surface area contributed by atoms with Gasteiger partial charge in [0, 0.05) is 25.6 Å². The van der Waals surface area contributed by atoms with Crippen LogP contribution in [0.2, 0.25) is 0 Å². The maximum Gasteiger partial charge on any atom is 0.254 e. The number of nitrogens with one attached hydrogen (secondary N) is 4. The smallest absolute Gasteiger partial charge is 0.254 e. The molecule has 0 aromatic carbocycles. The van der Waals surface area contributed by atoms with Crippen LogP contribution in [-0.2, 0) is 23.7 Å². The fourth-order valence-electron chi connectivity index (χ4n) is 6.00. The van der Waals surface area contributed by atoms with Gasteiger partial charge in [0.1, 0.15) is 54.9 Å². The molecule has 4 rings (SSSR count). The molecule has 21 heteroatoms. The third kappa shape index (κ3) is 7.70. The van der Waals surface area contributed by atoms with Crippen molar-refractivity contribution in [2.45, 2.75) is 116 Å². The third-order valence-electron chi connectivity index (χ3n) is 8.89. The topological polar surface area (TPSA) is 380 Å². The molecule has 46 heavy (non-hydrogen) atoms. The van der Waals surface area contributed by atoms with Gasteiger partial charge in [0.2, 0.25) is 0 Å². The van der Waals surface area contributed by atoms with Gasteiger partial charge in [0.15, 0.2) is 24.1 Å². The first-order valence-corrected chi connectivity index (χ1v) is 15.0. The van der Waals surface area contributed by atoms with Crippen molar-refractivity contribution in [1.29, 1.82) is 5.41 Å². The molecule has 2 saturated carbocycles. The van der Waals surface area contributed by atoms with Crippen LogP contribution in [0.5, 0.6) is 0 Å². The van der Waals surface area contributed by atoms with Crippen molar-refractivity contribution in [2.24, 2.45) is 22.9 Å². The first-order chi connectivity index (χ1) is 21.6. The zero-order valence-corrected chi connectivity index (χ0v) is 24.9. The number of aliphatic hydroxyl groups is 8. The van der Waals surface area contributed by atoms with E-state index in [2.05, 4.69) is 16.0 Å². The van der Waals surface area contributed by atoms with E-state index < -0.39 is 122 Å². The molecule has 20 N–H and O–H groups in total. The predicted molar refractivity (Wildman–Crippen MR) is 153 cm³/mol. The maximum atomic E-state index is 13.2. The quantitative estimate of drug-likeness (QED) is 0.0521. The van der Waals surface area contributed by atoms with Crippen molar-refractivity contribution in [1.82, 2.24) is 16.0 Å². The van der Waals surface area contributed by atoms with Gasteiger partial charge in [0.25, 0.3) is 5.91 Å². The van der Waals surface area contributed by atoms with Crippen molar-refractivity contribution < 1.29 is 64.6 Å². The molecular formula is C25H48N8O13. The third-order valence-corrected chi connectivity index (χ3v) is 8.89. The second kappa shape index (κ2) is 15.1. The van der Waals surface area contributed by atoms with Crippen LogP contribution in [0.4, 0.5) is 0 Å². The van der Waals surface area contributed by atoms with Crippen LogP contribution in [0, 0.1) is 5.41 Å². The molecule has 4 aliphatic rings. The van der Waals surface area contributed by atoms with Crippen molar-refractivity contribution in [3.8, 4) is 0 Å². The Morgan fingerprint density at radius 1 is 0.870 bits per heavy atom. The highest BCUT2D eigenvalue weighted by Gasteiger charge is 2.61. The molecule has 0 radical (unpaired) electrons. The van der Waals surface area contributed by atoms with E-state index in [1.54, 1.807) is 0 Å². The molecule has 2 aliphatic carbocycles. The molecular weight excluding hydrogens is 620 g/mol. The van der Waals surface area contributed by atoms with Gasteiger partial charge in [-0.1, -0.05) is 0 Å². The fraction of sp³-hybridized carbons (Fsp3) is 0.920. The molecule has 266 valence electrons. The first kappa shape index (κ1) is 36.9. The molecule has 21 nitrogen and oxygen atoms in total. The summed E-state index contributed by atoms with van der Waals surface area (Å²) in [7, 11) is 0. The molecule has 0 aromatic heterocycles. The summed E-state index contributed by atoms with van der Waals surface area (Å²) in [5.41, 5.74) is 21.8. The minimum atomic E-state index is -1.95. The van der Waals surface area contributed by atoms with Gasteiger partial charge >= 0.3 is 0 Å². The summed E-state index contributed by atoms with van der Waals surface area (Å²) in [4.78, 5) is 13.2. The SMILES string of the molecule is N=C(N)NC1CC1(O)C(=O)N[C@@H]1C[C@H](N)C(O[C@H]2O[C@H](CNCCO)[C@@H](O)[C@H](O)[C@H]2N)[C@H](O)[C@H]1O[C@H]1O[C@H](CO)[C@@H](O)[C@H](N)[C@H]1O. The minimum absolute atomic E-state index is 0.00189. The molecule has 3 unspecified atom stereocenters. The van der Waals surface area contributed by atoms with Crippen molar-refractivity contribution >= 4 is 11.9 Å². The van der Waals surface area contributed by atoms with Gasteiger partial charge in [-0.2, -0.15) is 0 Å². The van der Waals surface area contributed by atoms with E-state index in [-0.39, 0.29) is 32.5 Å². The average molecular weight is 669 g/mol. The predicted octanol–water partition coefficient (Wildman–Crippen LogP) is -9.56. The molecule has 0 aromatic rings. The summed E-state index contributed by atoms with van der Waals surface area (Å²) in [6.45, 7) is -0.711. The van der Waals surface area contributed by atoms with E-state index in [1.807, 2.05) is 0 Å². The summed E-state index contributed by atoms with van der Waals surface area (Å²) >= 11 is 0. The Labute approximate surface area is 263 Å². The van der Waals surface area contributed by atoms with Crippen molar-refractivity contribution in [2.75, 3.05) is 26.3 Å². The first-order valence-electron chi connectivity index (χ1n) is 15.0. The lowest BCUT2D eigenvalue weighted by Crippen LogP contribution is -2.70. The van der Waals surface area contributed by atoms with Gasteiger partial charge < -0.3 is 98.7 Å². The van der Waals surface area contributed by atoms with Crippen LogP contribution in [0.1, 0.15) is 12.8 Å². The van der Waals surface area contributed by atoms with Crippen LogP contribution in [0.3, 0.4) is 0 Å². The standard InChI is InChI=1S/C25H48N8O13/c26-7-3-8(32-23(41)25(42)4-11(25)33-24(29)30)20(46-22-17(39)12(27)14(36)10(6-35)44-22)18(40)19(7)45-21-13(28)16(38)15(37)9(43-21)5-31-1-2-34/h7-22,31,34-40,42H,1-6,26-28H2,(H,32,41)(H4,29,30,33)/t7-,8+,9+,10+,11?,12-,13+,14+,15+,16+,17+,18-,19?,20-,21+,22+,25?/m0/s1. The Bertz CT molecular complexity index is 1050. The van der Waals surface area contributed by atoms with E-state index in [0.29, 0.717) is 0 Å². The summed E-state index contributed by atoms with van der Waals surface area (Å²) in [6.07, 6.45) is -16.2. The number of amides is 1. The zero-order valence-electron chi connectivity index (χ0n) is 24.9.